The Balaban J connectivity index is 1.06. The van der Waals surface area contributed by atoms with Crippen molar-refractivity contribution in [2.24, 2.45) is 5.41 Å². The molecule has 5 nitrogen and oxygen atoms in total. The van der Waals surface area contributed by atoms with Crippen LogP contribution in [-0.2, 0) is 13.0 Å². The summed E-state index contributed by atoms with van der Waals surface area (Å²) in [6.07, 6.45) is 2.91. The molecule has 0 radical (unpaired) electrons. The molecular weight excluding hydrogens is 360 g/mol. The Morgan fingerprint density at radius 2 is 1.86 bits per heavy atom. The van der Waals surface area contributed by atoms with Crippen molar-refractivity contribution in [2.75, 3.05) is 32.7 Å². The van der Waals surface area contributed by atoms with E-state index in [1.165, 1.54) is 27.6 Å². The molecule has 2 N–H and O–H groups in total. The van der Waals surface area contributed by atoms with Gasteiger partial charge in [-0.05, 0) is 30.0 Å². The minimum absolute atomic E-state index is 0.0770. The molecule has 0 bridgehead atoms. The molecule has 2 amide bonds. The zero-order valence-corrected chi connectivity index (χ0v) is 16.9. The highest BCUT2D eigenvalue weighted by atomic mass is 16.2. The molecule has 3 aromatic rings. The summed E-state index contributed by atoms with van der Waals surface area (Å²) in [4.78, 5) is 20.3. The van der Waals surface area contributed by atoms with Crippen molar-refractivity contribution in [3.8, 4) is 0 Å². The van der Waals surface area contributed by atoms with Crippen molar-refractivity contribution in [3.05, 3.63) is 71.4 Å². The van der Waals surface area contributed by atoms with E-state index in [1.54, 1.807) is 0 Å². The van der Waals surface area contributed by atoms with Crippen LogP contribution in [0.15, 0.2) is 54.7 Å². The summed E-state index contributed by atoms with van der Waals surface area (Å²) in [5.41, 5.74) is 5.41. The number of benzene rings is 2. The number of hydrogen-bond acceptors (Lipinski definition) is 2. The highest BCUT2D eigenvalue weighted by molar-refractivity contribution is 5.86. The van der Waals surface area contributed by atoms with E-state index >= 15 is 0 Å². The van der Waals surface area contributed by atoms with E-state index in [4.69, 9.17) is 0 Å². The molecule has 0 aliphatic carbocycles. The normalized spacial score (nSPS) is 17.9. The zero-order chi connectivity index (χ0) is 19.8. The number of H-pyrrole nitrogens is 1. The van der Waals surface area contributed by atoms with Crippen molar-refractivity contribution in [2.45, 2.75) is 19.9 Å². The van der Waals surface area contributed by atoms with Gasteiger partial charge in [-0.3, -0.25) is 4.90 Å². The molecule has 2 aliphatic rings. The van der Waals surface area contributed by atoms with Crippen LogP contribution in [0.4, 0.5) is 4.79 Å². The van der Waals surface area contributed by atoms with Gasteiger partial charge in [0.2, 0.25) is 0 Å². The predicted octanol–water partition coefficient (Wildman–Crippen LogP) is 3.55. The molecule has 3 heterocycles. The Kier molecular flexibility index (Phi) is 4.55. The standard InChI is InChI=1S/C24H28N4O/c1-18-6-5-9-21-20(12-26-22(18)21)10-11-25-23(29)28-16-24(17-28)14-27(15-24)13-19-7-3-2-4-8-19/h2-9,12,26H,10-11,13-17H2,1H3,(H,25,29). The minimum Gasteiger partial charge on any atom is -0.361 e. The molecular formula is C24H28N4O. The summed E-state index contributed by atoms with van der Waals surface area (Å²) in [6, 6.07) is 17.0. The van der Waals surface area contributed by atoms with Gasteiger partial charge in [-0.25, -0.2) is 4.79 Å². The van der Waals surface area contributed by atoms with E-state index in [0.717, 1.165) is 39.1 Å². The smallest absolute Gasteiger partial charge is 0.317 e. The van der Waals surface area contributed by atoms with E-state index < -0.39 is 0 Å². The average Bonchev–Trinajstić information content (AvgIpc) is 3.08. The molecule has 0 atom stereocenters. The van der Waals surface area contributed by atoms with Crippen molar-refractivity contribution in [1.29, 1.82) is 0 Å². The third kappa shape index (κ3) is 3.51. The summed E-state index contributed by atoms with van der Waals surface area (Å²) in [6.45, 7) is 7.77. The van der Waals surface area contributed by atoms with Gasteiger partial charge in [0.1, 0.15) is 0 Å². The number of rotatable bonds is 5. The number of aryl methyl sites for hydroxylation is 1. The first-order valence-corrected chi connectivity index (χ1v) is 10.5. The number of para-hydroxylation sites is 1. The lowest BCUT2D eigenvalue weighted by Gasteiger charge is -2.60. The first-order valence-electron chi connectivity index (χ1n) is 10.5. The molecule has 29 heavy (non-hydrogen) atoms. The average molecular weight is 389 g/mol. The summed E-state index contributed by atoms with van der Waals surface area (Å²) >= 11 is 0. The Morgan fingerprint density at radius 1 is 1.07 bits per heavy atom. The summed E-state index contributed by atoms with van der Waals surface area (Å²) in [7, 11) is 0. The molecule has 2 fully saturated rings. The van der Waals surface area contributed by atoms with Gasteiger partial charge < -0.3 is 15.2 Å². The maximum Gasteiger partial charge on any atom is 0.317 e. The molecule has 1 spiro atoms. The van der Waals surface area contributed by atoms with Gasteiger partial charge in [-0.15, -0.1) is 0 Å². The number of carbonyl (C=O) groups is 1. The molecule has 2 aromatic carbocycles. The van der Waals surface area contributed by atoms with Crippen LogP contribution in [0.1, 0.15) is 16.7 Å². The van der Waals surface area contributed by atoms with Gasteiger partial charge in [-0.1, -0.05) is 48.5 Å². The quantitative estimate of drug-likeness (QED) is 0.702. The fourth-order valence-corrected chi connectivity index (χ4v) is 4.95. The van der Waals surface area contributed by atoms with Gasteiger partial charge >= 0.3 is 6.03 Å². The number of carbonyl (C=O) groups excluding carboxylic acids is 1. The van der Waals surface area contributed by atoms with E-state index in [9.17, 15) is 4.79 Å². The topological polar surface area (TPSA) is 51.4 Å². The Hall–Kier alpha value is -2.79. The van der Waals surface area contributed by atoms with Gasteiger partial charge in [-0.2, -0.15) is 0 Å². The Labute approximate surface area is 171 Å². The van der Waals surface area contributed by atoms with Crippen LogP contribution in [0.2, 0.25) is 0 Å². The second-order valence-corrected chi connectivity index (χ2v) is 8.78. The maximum absolute atomic E-state index is 12.5. The number of amides is 2. The maximum atomic E-state index is 12.5. The van der Waals surface area contributed by atoms with E-state index in [0.29, 0.717) is 12.0 Å². The predicted molar refractivity (Wildman–Crippen MR) is 116 cm³/mol. The number of urea groups is 1. The van der Waals surface area contributed by atoms with E-state index in [2.05, 4.69) is 76.9 Å². The number of aromatic nitrogens is 1. The molecule has 2 saturated heterocycles. The summed E-state index contributed by atoms with van der Waals surface area (Å²) in [5, 5.41) is 4.36. The number of hydrogen-bond donors (Lipinski definition) is 2. The SMILES string of the molecule is Cc1cccc2c(CCNC(=O)N3CC4(CN(Cc5ccccc5)C4)C3)c[nH]c12. The monoisotopic (exact) mass is 388 g/mol. The molecule has 0 saturated carbocycles. The van der Waals surface area contributed by atoms with Crippen LogP contribution in [0, 0.1) is 12.3 Å². The number of likely N-dealkylation sites (tertiary alicyclic amines) is 2. The third-order valence-corrected chi connectivity index (χ3v) is 6.39. The highest BCUT2D eigenvalue weighted by Gasteiger charge is 2.52. The van der Waals surface area contributed by atoms with Crippen LogP contribution < -0.4 is 5.32 Å². The summed E-state index contributed by atoms with van der Waals surface area (Å²) < 4.78 is 0. The fourth-order valence-electron chi connectivity index (χ4n) is 4.95. The lowest BCUT2D eigenvalue weighted by molar-refractivity contribution is -0.0982. The molecule has 150 valence electrons. The Bertz CT molecular complexity index is 1010. The molecule has 2 aliphatic heterocycles. The van der Waals surface area contributed by atoms with Gasteiger partial charge in [0.05, 0.1) is 0 Å². The molecule has 5 heteroatoms. The van der Waals surface area contributed by atoms with Crippen LogP contribution in [0.25, 0.3) is 10.9 Å². The fraction of sp³-hybridized carbons (Fsp3) is 0.375. The second kappa shape index (κ2) is 7.23. The van der Waals surface area contributed by atoms with Gasteiger partial charge in [0, 0.05) is 61.8 Å². The molecule has 0 unspecified atom stereocenters. The van der Waals surface area contributed by atoms with Gasteiger partial charge in [0.25, 0.3) is 0 Å². The second-order valence-electron chi connectivity index (χ2n) is 8.78. The lowest BCUT2D eigenvalue weighted by atomic mass is 9.73. The van der Waals surface area contributed by atoms with Crippen LogP contribution in [0.3, 0.4) is 0 Å². The first-order chi connectivity index (χ1) is 14.1. The van der Waals surface area contributed by atoms with E-state index in [-0.39, 0.29) is 6.03 Å². The lowest BCUT2D eigenvalue weighted by Crippen LogP contribution is -2.73. The summed E-state index contributed by atoms with van der Waals surface area (Å²) in [5.74, 6) is 0. The zero-order valence-electron chi connectivity index (χ0n) is 16.9. The first kappa shape index (κ1) is 18.3. The van der Waals surface area contributed by atoms with Crippen LogP contribution >= 0.6 is 0 Å². The third-order valence-electron chi connectivity index (χ3n) is 6.39. The number of aromatic amines is 1. The Morgan fingerprint density at radius 3 is 2.66 bits per heavy atom. The van der Waals surface area contributed by atoms with Crippen LogP contribution in [-0.4, -0.2) is 53.5 Å². The number of nitrogens with one attached hydrogen (secondary N) is 2. The van der Waals surface area contributed by atoms with Crippen molar-refractivity contribution in [1.82, 2.24) is 20.1 Å². The molecule has 1 aromatic heterocycles. The minimum atomic E-state index is 0.0770. The van der Waals surface area contributed by atoms with Crippen molar-refractivity contribution in [3.63, 3.8) is 0 Å². The van der Waals surface area contributed by atoms with Crippen molar-refractivity contribution < 1.29 is 4.79 Å². The van der Waals surface area contributed by atoms with E-state index in [1.807, 2.05) is 4.90 Å². The van der Waals surface area contributed by atoms with Crippen LogP contribution in [0.5, 0.6) is 0 Å². The highest BCUT2D eigenvalue weighted by Crippen LogP contribution is 2.40. The van der Waals surface area contributed by atoms with Crippen molar-refractivity contribution >= 4 is 16.9 Å². The number of fused-ring (bicyclic) bond motifs is 1. The van der Waals surface area contributed by atoms with Gasteiger partial charge in [0.15, 0.2) is 0 Å². The molecule has 5 rings (SSSR count). The number of nitrogens with zero attached hydrogens (tertiary/aromatic N) is 2. The largest absolute Gasteiger partial charge is 0.361 e.